The fourth-order valence-corrected chi connectivity index (χ4v) is 2.92. The first-order chi connectivity index (χ1) is 8.16. The minimum absolute atomic E-state index is 0.167. The Morgan fingerprint density at radius 3 is 2.94 bits per heavy atom. The fourth-order valence-electron chi connectivity index (χ4n) is 1.71. The molecule has 1 aromatic heterocycles. The van der Waals surface area contributed by atoms with E-state index in [-0.39, 0.29) is 5.91 Å². The van der Waals surface area contributed by atoms with Gasteiger partial charge >= 0.3 is 0 Å². The number of anilines is 1. The highest BCUT2D eigenvalue weighted by atomic mass is 79.9. The van der Waals surface area contributed by atoms with Crippen LogP contribution in [0.1, 0.15) is 0 Å². The third kappa shape index (κ3) is 3.40. The number of nitrogens with one attached hydrogen (secondary N) is 1. The monoisotopic (exact) mass is 318 g/mol. The Morgan fingerprint density at radius 2 is 2.35 bits per heavy atom. The molecule has 0 saturated carbocycles. The van der Waals surface area contributed by atoms with Gasteiger partial charge in [-0.25, -0.2) is 4.98 Å². The molecule has 17 heavy (non-hydrogen) atoms. The maximum atomic E-state index is 12.0. The van der Waals surface area contributed by atoms with Crippen LogP contribution in [0.15, 0.2) is 9.98 Å². The lowest BCUT2D eigenvalue weighted by Crippen LogP contribution is -2.49. The lowest BCUT2D eigenvalue weighted by molar-refractivity contribution is -0.130. The molecule has 7 heteroatoms. The van der Waals surface area contributed by atoms with Crippen molar-refractivity contribution in [2.24, 2.45) is 0 Å². The molecule has 2 rings (SSSR count). The van der Waals surface area contributed by atoms with Gasteiger partial charge in [0.15, 0.2) is 5.13 Å². The zero-order valence-electron chi connectivity index (χ0n) is 9.65. The van der Waals surface area contributed by atoms with Gasteiger partial charge in [-0.15, -0.1) is 11.3 Å². The Bertz CT molecular complexity index is 391. The van der Waals surface area contributed by atoms with Crippen LogP contribution in [0, 0.1) is 0 Å². The zero-order chi connectivity index (χ0) is 12.3. The number of halogens is 1. The third-order valence-electron chi connectivity index (χ3n) is 2.63. The molecule has 1 saturated heterocycles. The van der Waals surface area contributed by atoms with Gasteiger partial charge in [0.2, 0.25) is 5.91 Å². The highest BCUT2D eigenvalue weighted by Crippen LogP contribution is 2.22. The number of thiazole rings is 1. The van der Waals surface area contributed by atoms with Crippen LogP contribution in [-0.2, 0) is 4.79 Å². The number of aromatic nitrogens is 1. The second-order valence-electron chi connectivity index (χ2n) is 3.94. The molecule has 1 fully saturated rings. The first kappa shape index (κ1) is 12.8. The second kappa shape index (κ2) is 5.79. The van der Waals surface area contributed by atoms with Gasteiger partial charge < -0.3 is 15.1 Å². The maximum Gasteiger partial charge on any atom is 0.242 e. The number of amides is 1. The molecular formula is C10H15BrN4OS. The number of likely N-dealkylation sites (N-methyl/N-ethyl adjacent to an activating group) is 1. The van der Waals surface area contributed by atoms with Crippen LogP contribution in [0.25, 0.3) is 0 Å². The summed E-state index contributed by atoms with van der Waals surface area (Å²) in [5, 5.41) is 6.01. The van der Waals surface area contributed by atoms with Gasteiger partial charge in [-0.2, -0.15) is 0 Å². The SMILES string of the molecule is CN(CC(=O)N1CCNCC1)c1nc(Br)cs1. The predicted octanol–water partition coefficient (Wildman–Crippen LogP) is 0.774. The standard InChI is InChI=1S/C10H15BrN4OS/c1-14(10-13-8(11)7-17-10)6-9(16)15-4-2-12-3-5-15/h7,12H,2-6H2,1H3. The molecule has 0 radical (unpaired) electrons. The molecule has 1 aliphatic rings. The van der Waals surface area contributed by atoms with Crippen molar-refractivity contribution in [1.29, 1.82) is 0 Å². The van der Waals surface area contributed by atoms with Crippen LogP contribution in [0.4, 0.5) is 5.13 Å². The van der Waals surface area contributed by atoms with Crippen LogP contribution in [-0.4, -0.2) is 55.6 Å². The number of piperazine rings is 1. The molecule has 1 aromatic rings. The molecule has 5 nitrogen and oxygen atoms in total. The zero-order valence-corrected chi connectivity index (χ0v) is 12.1. The summed E-state index contributed by atoms with van der Waals surface area (Å²) in [5.41, 5.74) is 0. The Kier molecular flexibility index (Phi) is 4.36. The molecule has 1 N–H and O–H groups in total. The number of rotatable bonds is 3. The molecule has 0 bridgehead atoms. The minimum atomic E-state index is 0.167. The Labute approximate surface area is 113 Å². The summed E-state index contributed by atoms with van der Waals surface area (Å²) in [4.78, 5) is 20.1. The minimum Gasteiger partial charge on any atom is -0.342 e. The van der Waals surface area contributed by atoms with Crippen molar-refractivity contribution in [3.05, 3.63) is 9.98 Å². The molecule has 0 aliphatic carbocycles. The predicted molar refractivity (Wildman–Crippen MR) is 72.5 cm³/mol. The number of nitrogens with zero attached hydrogens (tertiary/aromatic N) is 3. The Balaban J connectivity index is 1.89. The largest absolute Gasteiger partial charge is 0.342 e. The second-order valence-corrected chi connectivity index (χ2v) is 5.59. The molecule has 0 unspecified atom stereocenters. The van der Waals surface area contributed by atoms with Gasteiger partial charge in [-0.05, 0) is 15.9 Å². The third-order valence-corrected chi connectivity index (χ3v) is 4.30. The van der Waals surface area contributed by atoms with Crippen molar-refractivity contribution in [3.8, 4) is 0 Å². The highest BCUT2D eigenvalue weighted by Gasteiger charge is 2.18. The van der Waals surface area contributed by atoms with Crippen LogP contribution < -0.4 is 10.2 Å². The first-order valence-electron chi connectivity index (χ1n) is 5.47. The van der Waals surface area contributed by atoms with E-state index in [1.807, 2.05) is 22.2 Å². The van der Waals surface area contributed by atoms with Gasteiger partial charge in [0.05, 0.1) is 6.54 Å². The van der Waals surface area contributed by atoms with Crippen LogP contribution in [0.5, 0.6) is 0 Å². The highest BCUT2D eigenvalue weighted by molar-refractivity contribution is 9.10. The van der Waals surface area contributed by atoms with E-state index in [2.05, 4.69) is 26.2 Å². The van der Waals surface area contributed by atoms with Crippen molar-refractivity contribution in [1.82, 2.24) is 15.2 Å². The van der Waals surface area contributed by atoms with E-state index in [9.17, 15) is 4.79 Å². The van der Waals surface area contributed by atoms with Gasteiger partial charge in [0.1, 0.15) is 4.60 Å². The molecule has 94 valence electrons. The number of carbonyl (C=O) groups excluding carboxylic acids is 1. The van der Waals surface area contributed by atoms with Crippen molar-refractivity contribution in [2.45, 2.75) is 0 Å². The summed E-state index contributed by atoms with van der Waals surface area (Å²) < 4.78 is 0.818. The molecule has 2 heterocycles. The Morgan fingerprint density at radius 1 is 1.65 bits per heavy atom. The van der Waals surface area contributed by atoms with E-state index in [0.717, 1.165) is 35.9 Å². The lowest BCUT2D eigenvalue weighted by atomic mass is 10.3. The lowest BCUT2D eigenvalue weighted by Gasteiger charge is -2.29. The average Bonchev–Trinajstić information content (AvgIpc) is 2.77. The quantitative estimate of drug-likeness (QED) is 0.894. The Hall–Kier alpha value is -0.660. The van der Waals surface area contributed by atoms with E-state index >= 15 is 0 Å². The fraction of sp³-hybridized carbons (Fsp3) is 0.600. The van der Waals surface area contributed by atoms with Gasteiger partial charge in [-0.3, -0.25) is 4.79 Å². The van der Waals surface area contributed by atoms with Crippen LogP contribution in [0.2, 0.25) is 0 Å². The van der Waals surface area contributed by atoms with Crippen molar-refractivity contribution in [2.75, 3.05) is 44.7 Å². The molecule has 0 atom stereocenters. The summed E-state index contributed by atoms with van der Waals surface area (Å²) >= 11 is 4.84. The average molecular weight is 319 g/mol. The van der Waals surface area contributed by atoms with E-state index < -0.39 is 0 Å². The first-order valence-corrected chi connectivity index (χ1v) is 7.15. The summed E-state index contributed by atoms with van der Waals surface area (Å²) in [6.07, 6.45) is 0. The molecule has 1 aliphatic heterocycles. The number of hydrogen-bond donors (Lipinski definition) is 1. The summed E-state index contributed by atoms with van der Waals surface area (Å²) in [5.74, 6) is 0.167. The number of hydrogen-bond acceptors (Lipinski definition) is 5. The van der Waals surface area contributed by atoms with Crippen LogP contribution >= 0.6 is 27.3 Å². The molecule has 0 aromatic carbocycles. The van der Waals surface area contributed by atoms with Crippen molar-refractivity contribution in [3.63, 3.8) is 0 Å². The van der Waals surface area contributed by atoms with Gasteiger partial charge in [0.25, 0.3) is 0 Å². The van der Waals surface area contributed by atoms with E-state index in [4.69, 9.17) is 0 Å². The van der Waals surface area contributed by atoms with Gasteiger partial charge in [-0.1, -0.05) is 0 Å². The van der Waals surface area contributed by atoms with Crippen molar-refractivity contribution >= 4 is 38.3 Å². The summed E-state index contributed by atoms with van der Waals surface area (Å²) in [7, 11) is 1.89. The van der Waals surface area contributed by atoms with E-state index in [1.54, 1.807) is 0 Å². The number of carbonyl (C=O) groups is 1. The topological polar surface area (TPSA) is 48.5 Å². The van der Waals surface area contributed by atoms with Crippen LogP contribution in [0.3, 0.4) is 0 Å². The smallest absolute Gasteiger partial charge is 0.242 e. The van der Waals surface area contributed by atoms with E-state index in [0.29, 0.717) is 6.54 Å². The van der Waals surface area contributed by atoms with Crippen molar-refractivity contribution < 1.29 is 4.79 Å². The molecule has 1 amide bonds. The molecule has 0 spiro atoms. The molecular weight excluding hydrogens is 304 g/mol. The normalized spacial score (nSPS) is 16.0. The summed E-state index contributed by atoms with van der Waals surface area (Å²) in [6, 6.07) is 0. The maximum absolute atomic E-state index is 12.0. The summed E-state index contributed by atoms with van der Waals surface area (Å²) in [6.45, 7) is 3.76. The van der Waals surface area contributed by atoms with E-state index in [1.165, 1.54) is 11.3 Å². The van der Waals surface area contributed by atoms with Gasteiger partial charge in [0, 0.05) is 38.6 Å².